The maximum absolute atomic E-state index is 13.2. The first-order valence-corrected chi connectivity index (χ1v) is 15.8. The lowest BCUT2D eigenvalue weighted by Crippen LogP contribution is -2.46. The number of amides is 3. The maximum atomic E-state index is 13.2. The van der Waals surface area contributed by atoms with Gasteiger partial charge in [0, 0.05) is 37.0 Å². The van der Waals surface area contributed by atoms with Crippen LogP contribution in [0.3, 0.4) is 0 Å². The van der Waals surface area contributed by atoms with E-state index in [9.17, 15) is 36.0 Å². The van der Waals surface area contributed by atoms with Crippen molar-refractivity contribution in [1.29, 1.82) is 0 Å². The van der Waals surface area contributed by atoms with Gasteiger partial charge in [0.25, 0.3) is 11.8 Å². The van der Waals surface area contributed by atoms with Crippen LogP contribution in [0.1, 0.15) is 33.7 Å². The van der Waals surface area contributed by atoms with Crippen molar-refractivity contribution >= 4 is 45.1 Å². The van der Waals surface area contributed by atoms with Crippen LogP contribution < -0.4 is 30.2 Å². The number of carbonyl (C=O) groups excluding carboxylic acids is 3. The number of ether oxygens (including phenoxy) is 3. The Labute approximate surface area is 283 Å². The van der Waals surface area contributed by atoms with Gasteiger partial charge >= 0.3 is 12.1 Å². The second-order valence-electron chi connectivity index (χ2n) is 10.2. The van der Waals surface area contributed by atoms with E-state index < -0.39 is 39.9 Å². The molecule has 0 saturated carbocycles. The zero-order valence-electron chi connectivity index (χ0n) is 26.8. The summed E-state index contributed by atoms with van der Waals surface area (Å²) in [7, 11) is 0.442. The van der Waals surface area contributed by atoms with Crippen LogP contribution in [0.15, 0.2) is 60.1 Å². The number of hydrogen-bond acceptors (Lipinski definition) is 10. The van der Waals surface area contributed by atoms with Crippen molar-refractivity contribution in [2.75, 3.05) is 45.1 Å². The van der Waals surface area contributed by atoms with Gasteiger partial charge < -0.3 is 35.3 Å². The van der Waals surface area contributed by atoms with Crippen molar-refractivity contribution in [2.45, 2.75) is 30.0 Å². The molecule has 0 radical (unpaired) electrons. The molecule has 2 heterocycles. The molecule has 1 saturated heterocycles. The first-order chi connectivity index (χ1) is 23.5. The van der Waals surface area contributed by atoms with E-state index in [1.54, 1.807) is 12.1 Å². The molecular formula is C30H33F3N6O10S. The molecule has 1 aliphatic rings. The van der Waals surface area contributed by atoms with Crippen molar-refractivity contribution in [3.63, 3.8) is 0 Å². The number of sulfonamides is 1. The number of carbonyl (C=O) groups is 4. The molecule has 0 bridgehead atoms. The van der Waals surface area contributed by atoms with E-state index in [0.717, 1.165) is 6.08 Å². The number of halogens is 3. The van der Waals surface area contributed by atoms with Crippen LogP contribution in [0.25, 0.3) is 0 Å². The Hall–Kier alpha value is -5.63. The summed E-state index contributed by atoms with van der Waals surface area (Å²) >= 11 is 0. The molecule has 20 heteroatoms. The molecule has 0 spiro atoms. The minimum Gasteiger partial charge on any atom is -0.496 e. The molecule has 1 fully saturated rings. The van der Waals surface area contributed by atoms with Crippen LogP contribution in [0.4, 0.5) is 24.5 Å². The van der Waals surface area contributed by atoms with Gasteiger partial charge in [0.2, 0.25) is 15.9 Å². The maximum Gasteiger partial charge on any atom is 0.490 e. The van der Waals surface area contributed by atoms with Crippen LogP contribution in [-0.4, -0.2) is 98.4 Å². The number of methoxy groups -OCH3 is 3. The summed E-state index contributed by atoms with van der Waals surface area (Å²) in [6.45, 7) is 3.72. The molecule has 50 heavy (non-hydrogen) atoms. The normalized spacial score (nSPS) is 13.6. The zero-order chi connectivity index (χ0) is 37.2. The Morgan fingerprint density at radius 3 is 2.12 bits per heavy atom. The molecule has 4 rings (SSSR count). The fourth-order valence-corrected chi connectivity index (χ4v) is 6.06. The number of carboxylic acids is 1. The molecule has 3 amide bonds. The minimum absolute atomic E-state index is 0.0215. The number of aliphatic carboxylic acids is 1. The molecule has 0 unspecified atom stereocenters. The van der Waals surface area contributed by atoms with Crippen molar-refractivity contribution in [1.82, 2.24) is 19.8 Å². The number of carboxylic acid groups (broad SMARTS) is 1. The third-order valence-electron chi connectivity index (χ3n) is 7.01. The molecular weight excluding hydrogens is 693 g/mol. The fourth-order valence-electron chi connectivity index (χ4n) is 4.54. The molecule has 3 aromatic rings. The number of nitrogens with one attached hydrogen (secondary N) is 4. The van der Waals surface area contributed by atoms with Gasteiger partial charge in [-0.2, -0.15) is 22.6 Å². The number of anilines is 2. The Morgan fingerprint density at radius 2 is 1.60 bits per heavy atom. The number of aromatic nitrogens is 2. The number of H-pyrrole nitrogens is 1. The van der Waals surface area contributed by atoms with E-state index in [0.29, 0.717) is 24.3 Å². The van der Waals surface area contributed by atoms with Crippen LogP contribution >= 0.6 is 0 Å². The van der Waals surface area contributed by atoms with Crippen LogP contribution in [-0.2, 0) is 19.6 Å². The number of benzene rings is 2. The first-order valence-electron chi connectivity index (χ1n) is 14.3. The summed E-state index contributed by atoms with van der Waals surface area (Å²) in [5.41, 5.74) is 0.583. The van der Waals surface area contributed by atoms with E-state index in [4.69, 9.17) is 24.1 Å². The number of piperidine rings is 1. The zero-order valence-corrected chi connectivity index (χ0v) is 27.6. The molecule has 2 aromatic carbocycles. The first kappa shape index (κ1) is 38.8. The summed E-state index contributed by atoms with van der Waals surface area (Å²) in [4.78, 5) is 46.9. The number of aromatic amines is 1. The highest BCUT2D eigenvalue weighted by atomic mass is 32.2. The average molecular weight is 727 g/mol. The second kappa shape index (κ2) is 16.7. The van der Waals surface area contributed by atoms with Crippen molar-refractivity contribution in [2.24, 2.45) is 0 Å². The van der Waals surface area contributed by atoms with Gasteiger partial charge in [0.05, 0.1) is 38.1 Å². The highest BCUT2D eigenvalue weighted by Gasteiger charge is 2.38. The van der Waals surface area contributed by atoms with Gasteiger partial charge in [-0.05, 0) is 37.1 Å². The van der Waals surface area contributed by atoms with Crippen LogP contribution in [0.5, 0.6) is 17.2 Å². The summed E-state index contributed by atoms with van der Waals surface area (Å²) < 4.78 is 75.4. The van der Waals surface area contributed by atoms with Crippen molar-refractivity contribution in [3.8, 4) is 17.2 Å². The molecule has 0 aliphatic carbocycles. The van der Waals surface area contributed by atoms with Gasteiger partial charge in [-0.25, -0.2) is 13.2 Å². The third kappa shape index (κ3) is 9.72. The minimum atomic E-state index is -5.08. The Bertz CT molecular complexity index is 1820. The smallest absolute Gasteiger partial charge is 0.490 e. The Balaban J connectivity index is 0.000000872. The van der Waals surface area contributed by atoms with Gasteiger partial charge in [0.15, 0.2) is 0 Å². The third-order valence-corrected chi connectivity index (χ3v) is 8.91. The summed E-state index contributed by atoms with van der Waals surface area (Å²) in [5.74, 6) is -3.49. The van der Waals surface area contributed by atoms with E-state index in [2.05, 4.69) is 32.7 Å². The predicted molar refractivity (Wildman–Crippen MR) is 171 cm³/mol. The quantitative estimate of drug-likeness (QED) is 0.181. The van der Waals surface area contributed by atoms with Gasteiger partial charge in [-0.15, -0.1) is 0 Å². The molecule has 5 N–H and O–H groups in total. The van der Waals surface area contributed by atoms with Crippen molar-refractivity contribution in [3.05, 3.63) is 66.5 Å². The van der Waals surface area contributed by atoms with Gasteiger partial charge in [-0.1, -0.05) is 12.6 Å². The summed E-state index contributed by atoms with van der Waals surface area (Å²) in [6, 6.07) is 8.70. The molecule has 0 atom stereocenters. The number of nitrogens with zero attached hydrogens (tertiary/aromatic N) is 2. The second-order valence-corrected chi connectivity index (χ2v) is 12.1. The number of rotatable bonds is 11. The van der Waals surface area contributed by atoms with E-state index in [1.165, 1.54) is 56.1 Å². The van der Waals surface area contributed by atoms with E-state index in [1.807, 2.05) is 0 Å². The largest absolute Gasteiger partial charge is 0.496 e. The van der Waals surface area contributed by atoms with Gasteiger partial charge in [-0.3, -0.25) is 19.5 Å². The van der Waals surface area contributed by atoms with Gasteiger partial charge in [0.1, 0.15) is 28.5 Å². The predicted octanol–water partition coefficient (Wildman–Crippen LogP) is 3.03. The summed E-state index contributed by atoms with van der Waals surface area (Å²) in [6.07, 6.45) is -1.98. The molecule has 270 valence electrons. The lowest BCUT2D eigenvalue weighted by Gasteiger charge is -2.31. The fraction of sp³-hybridized carbons (Fsp3) is 0.300. The van der Waals surface area contributed by atoms with E-state index >= 15 is 0 Å². The average Bonchev–Trinajstić information content (AvgIpc) is 3.55. The Kier molecular flexibility index (Phi) is 12.9. The standard InChI is InChI=1S/C28H32N6O8S.C2HF3O2/c1-5-24(35)30-18-7-6-8-20(13-18)43(38,39)34-11-9-17(10-12-34)31-28(37)26-21(16-29-33-26)32-27(36)25-22(41-3)14-19(40-2)15-23(25)42-4;3-2(4,5)1(6)7/h5-8,13-17H,1,9-12H2,2-4H3,(H,29,33)(H,30,35)(H,31,37)(H,32,36);(H,6,7). The number of hydrogen-bond donors (Lipinski definition) is 5. The lowest BCUT2D eigenvalue weighted by molar-refractivity contribution is -0.192. The number of alkyl halides is 3. The molecule has 16 nitrogen and oxygen atoms in total. The van der Waals surface area contributed by atoms with Crippen LogP contribution in [0, 0.1) is 0 Å². The topological polar surface area (TPSA) is 218 Å². The van der Waals surface area contributed by atoms with Crippen molar-refractivity contribution < 1.29 is 60.1 Å². The summed E-state index contributed by atoms with van der Waals surface area (Å²) in [5, 5.41) is 21.7. The Morgan fingerprint density at radius 1 is 1.00 bits per heavy atom. The van der Waals surface area contributed by atoms with Crippen LogP contribution in [0.2, 0.25) is 0 Å². The molecule has 1 aliphatic heterocycles. The monoisotopic (exact) mass is 726 g/mol. The molecule has 1 aromatic heterocycles. The SMILES string of the molecule is C=CC(=O)Nc1cccc(S(=O)(=O)N2CCC(NC(=O)c3[nH]ncc3NC(=O)c3c(OC)cc(OC)cc3OC)CC2)c1.O=C(O)C(F)(F)F. The highest BCUT2D eigenvalue weighted by molar-refractivity contribution is 7.89. The van der Waals surface area contributed by atoms with E-state index in [-0.39, 0.29) is 52.5 Å². The lowest BCUT2D eigenvalue weighted by atomic mass is 10.1. The highest BCUT2D eigenvalue weighted by Crippen LogP contribution is 2.35.